The van der Waals surface area contributed by atoms with Crippen molar-refractivity contribution in [2.75, 3.05) is 23.8 Å². The molecule has 1 aromatic carbocycles. The molecule has 2 atom stereocenters. The molecule has 1 heterocycles. The van der Waals surface area contributed by atoms with Crippen LogP contribution in [0.3, 0.4) is 0 Å². The third kappa shape index (κ3) is 4.44. The number of hydrogen-bond donors (Lipinski definition) is 1. The summed E-state index contributed by atoms with van der Waals surface area (Å²) < 4.78 is 0. The maximum absolute atomic E-state index is 3.76. The number of thioether (sulfide) groups is 2. The summed E-state index contributed by atoms with van der Waals surface area (Å²) in [5.41, 5.74) is 2.90. The van der Waals surface area contributed by atoms with E-state index in [-0.39, 0.29) is 0 Å². The molecule has 0 aromatic heterocycles. The van der Waals surface area contributed by atoms with Crippen LogP contribution in [0.15, 0.2) is 24.3 Å². The van der Waals surface area contributed by atoms with Crippen molar-refractivity contribution in [1.82, 2.24) is 5.32 Å². The van der Waals surface area contributed by atoms with E-state index in [4.69, 9.17) is 0 Å². The van der Waals surface area contributed by atoms with E-state index in [0.29, 0.717) is 6.04 Å². The largest absolute Gasteiger partial charge is 0.309 e. The summed E-state index contributed by atoms with van der Waals surface area (Å²) in [6.45, 7) is 5.57. The van der Waals surface area contributed by atoms with Gasteiger partial charge in [-0.25, -0.2) is 0 Å². The summed E-state index contributed by atoms with van der Waals surface area (Å²) >= 11 is 4.25. The molecule has 19 heavy (non-hydrogen) atoms. The Morgan fingerprint density at radius 3 is 2.58 bits per heavy atom. The first-order chi connectivity index (χ1) is 9.35. The van der Waals surface area contributed by atoms with Crippen LogP contribution in [0.5, 0.6) is 0 Å². The Bertz CT molecular complexity index is 358. The van der Waals surface area contributed by atoms with Crippen molar-refractivity contribution in [2.45, 2.75) is 38.0 Å². The molecule has 3 heteroatoms. The number of rotatable bonds is 6. The Kier molecular flexibility index (Phi) is 6.62. The second-order valence-corrected chi connectivity index (χ2v) is 7.51. The number of nitrogens with one attached hydrogen (secondary N) is 1. The molecule has 1 N–H and O–H groups in total. The van der Waals surface area contributed by atoms with Gasteiger partial charge in [0.25, 0.3) is 0 Å². The highest BCUT2D eigenvalue weighted by atomic mass is 32.2. The fourth-order valence-electron chi connectivity index (χ4n) is 2.42. The van der Waals surface area contributed by atoms with E-state index < -0.39 is 0 Å². The maximum atomic E-state index is 3.76. The van der Waals surface area contributed by atoms with Crippen LogP contribution in [0.1, 0.15) is 37.4 Å². The summed E-state index contributed by atoms with van der Waals surface area (Å²) in [6.07, 6.45) is 2.33. The van der Waals surface area contributed by atoms with E-state index in [1.807, 2.05) is 0 Å². The van der Waals surface area contributed by atoms with Gasteiger partial charge in [-0.05, 0) is 30.5 Å². The van der Waals surface area contributed by atoms with Gasteiger partial charge in [0.15, 0.2) is 0 Å². The monoisotopic (exact) mass is 295 g/mol. The van der Waals surface area contributed by atoms with Crippen molar-refractivity contribution in [1.29, 1.82) is 0 Å². The molecule has 0 aliphatic carbocycles. The zero-order valence-corrected chi connectivity index (χ0v) is 13.7. The van der Waals surface area contributed by atoms with E-state index >= 15 is 0 Å². The Morgan fingerprint density at radius 1 is 1.21 bits per heavy atom. The summed E-state index contributed by atoms with van der Waals surface area (Å²) in [4.78, 5) is 0. The van der Waals surface area contributed by atoms with Crippen LogP contribution in [0.2, 0.25) is 0 Å². The molecule has 1 aromatic rings. The molecule has 0 amide bonds. The summed E-state index contributed by atoms with van der Waals surface area (Å²) in [6, 6.07) is 9.74. The maximum Gasteiger partial charge on any atom is 0.0448 e. The molecule has 2 unspecified atom stereocenters. The summed E-state index contributed by atoms with van der Waals surface area (Å²) in [5, 5.41) is 4.48. The minimum Gasteiger partial charge on any atom is -0.309 e. The molecule has 1 aliphatic heterocycles. The zero-order chi connectivity index (χ0) is 13.5. The van der Waals surface area contributed by atoms with E-state index in [9.17, 15) is 0 Å². The van der Waals surface area contributed by atoms with Crippen LogP contribution in [-0.4, -0.2) is 29.1 Å². The quantitative estimate of drug-likeness (QED) is 0.847. The molecule has 1 nitrogen and oxygen atoms in total. The highest BCUT2D eigenvalue weighted by molar-refractivity contribution is 8.06. The van der Waals surface area contributed by atoms with Crippen LogP contribution in [0.25, 0.3) is 0 Å². The molecule has 0 spiro atoms. The van der Waals surface area contributed by atoms with Gasteiger partial charge in [0.2, 0.25) is 0 Å². The minimum absolute atomic E-state index is 0.517. The fraction of sp³-hybridized carbons (Fsp3) is 0.625. The first-order valence-corrected chi connectivity index (χ1v) is 9.57. The van der Waals surface area contributed by atoms with E-state index in [2.05, 4.69) is 67.0 Å². The van der Waals surface area contributed by atoms with Gasteiger partial charge in [0.05, 0.1) is 0 Å². The molecule has 0 saturated carbocycles. The van der Waals surface area contributed by atoms with Crippen molar-refractivity contribution in [3.8, 4) is 0 Å². The van der Waals surface area contributed by atoms with Gasteiger partial charge in [-0.2, -0.15) is 23.5 Å². The van der Waals surface area contributed by atoms with Gasteiger partial charge < -0.3 is 5.32 Å². The Labute approximate surface area is 126 Å². The van der Waals surface area contributed by atoms with Gasteiger partial charge >= 0.3 is 0 Å². The van der Waals surface area contributed by atoms with Crippen molar-refractivity contribution in [3.05, 3.63) is 35.4 Å². The van der Waals surface area contributed by atoms with Crippen LogP contribution >= 0.6 is 23.5 Å². The van der Waals surface area contributed by atoms with E-state index in [0.717, 1.165) is 18.2 Å². The van der Waals surface area contributed by atoms with Crippen LogP contribution < -0.4 is 5.32 Å². The van der Waals surface area contributed by atoms with Crippen LogP contribution in [0.4, 0.5) is 0 Å². The second-order valence-electron chi connectivity index (χ2n) is 5.01. The van der Waals surface area contributed by atoms with Crippen LogP contribution in [-0.2, 0) is 6.42 Å². The van der Waals surface area contributed by atoms with E-state index in [1.165, 1.54) is 34.8 Å². The number of benzene rings is 1. The number of aryl methyl sites for hydroxylation is 1. The topological polar surface area (TPSA) is 12.0 Å². The minimum atomic E-state index is 0.517. The van der Waals surface area contributed by atoms with Gasteiger partial charge in [-0.15, -0.1) is 0 Å². The SMILES string of the molecule is CCCNC(c1ccc(CC)cc1)C1CSCCS1. The lowest BCUT2D eigenvalue weighted by molar-refractivity contribution is 0.530. The fourth-order valence-corrected chi connectivity index (χ4v) is 5.29. The Hall–Kier alpha value is -0.120. The normalized spacial score (nSPS) is 21.3. The average Bonchev–Trinajstić information content (AvgIpc) is 2.49. The molecular formula is C16H25NS2. The Balaban J connectivity index is 2.10. The first-order valence-electron chi connectivity index (χ1n) is 7.36. The molecule has 0 radical (unpaired) electrons. The predicted molar refractivity (Wildman–Crippen MR) is 90.4 cm³/mol. The lowest BCUT2D eigenvalue weighted by Crippen LogP contribution is -2.34. The molecule has 0 bridgehead atoms. The van der Waals surface area contributed by atoms with Gasteiger partial charge in [-0.1, -0.05) is 38.1 Å². The average molecular weight is 296 g/mol. The smallest absolute Gasteiger partial charge is 0.0448 e. The van der Waals surface area contributed by atoms with Gasteiger partial charge in [-0.3, -0.25) is 0 Å². The van der Waals surface area contributed by atoms with Crippen molar-refractivity contribution in [2.24, 2.45) is 0 Å². The predicted octanol–water partition coefficient (Wildman–Crippen LogP) is 4.14. The lowest BCUT2D eigenvalue weighted by atomic mass is 10.0. The second kappa shape index (κ2) is 8.23. The highest BCUT2D eigenvalue weighted by Crippen LogP contribution is 2.33. The molecule has 1 saturated heterocycles. The highest BCUT2D eigenvalue weighted by Gasteiger charge is 2.25. The van der Waals surface area contributed by atoms with Crippen LogP contribution in [0, 0.1) is 0 Å². The summed E-state index contributed by atoms with van der Waals surface area (Å²) in [5.74, 6) is 3.89. The standard InChI is InChI=1S/C16H25NS2/c1-3-9-17-16(15-12-18-10-11-19-15)14-7-5-13(4-2)6-8-14/h5-8,15-17H,3-4,9-12H2,1-2H3. The first kappa shape index (κ1) is 15.3. The van der Waals surface area contributed by atoms with Crippen molar-refractivity contribution < 1.29 is 0 Å². The Morgan fingerprint density at radius 2 is 2.00 bits per heavy atom. The third-order valence-electron chi connectivity index (χ3n) is 3.57. The van der Waals surface area contributed by atoms with E-state index in [1.54, 1.807) is 0 Å². The van der Waals surface area contributed by atoms with Crippen molar-refractivity contribution in [3.63, 3.8) is 0 Å². The molecule has 106 valence electrons. The molecular weight excluding hydrogens is 270 g/mol. The van der Waals surface area contributed by atoms with Crippen molar-refractivity contribution >= 4 is 23.5 Å². The molecule has 2 rings (SSSR count). The lowest BCUT2D eigenvalue weighted by Gasteiger charge is -2.31. The number of hydrogen-bond acceptors (Lipinski definition) is 3. The van der Waals surface area contributed by atoms with Gasteiger partial charge in [0, 0.05) is 28.6 Å². The summed E-state index contributed by atoms with van der Waals surface area (Å²) in [7, 11) is 0. The zero-order valence-electron chi connectivity index (χ0n) is 12.0. The third-order valence-corrected chi connectivity index (χ3v) is 6.44. The molecule has 1 fully saturated rings. The van der Waals surface area contributed by atoms with Gasteiger partial charge in [0.1, 0.15) is 0 Å². The molecule has 1 aliphatic rings.